The van der Waals surface area contributed by atoms with Crippen LogP contribution in [0.4, 0.5) is 5.69 Å². The van der Waals surface area contributed by atoms with Crippen molar-refractivity contribution in [2.24, 2.45) is 0 Å². The molecule has 0 aliphatic carbocycles. The molecule has 4 N–H and O–H groups in total. The van der Waals surface area contributed by atoms with Crippen molar-refractivity contribution >= 4 is 17.6 Å². The van der Waals surface area contributed by atoms with Gasteiger partial charge in [0.25, 0.3) is 0 Å². The monoisotopic (exact) mass is 270 g/mol. The molecule has 8 nitrogen and oxygen atoms in total. The van der Waals surface area contributed by atoms with E-state index in [2.05, 4.69) is 15.2 Å². The topological polar surface area (TPSA) is 119 Å². The average Bonchev–Trinajstić information content (AvgIpc) is 2.62. The highest BCUT2D eigenvalue weighted by molar-refractivity contribution is 5.78. The first-order valence-corrected chi connectivity index (χ1v) is 5.68. The van der Waals surface area contributed by atoms with Gasteiger partial charge >= 0.3 is 5.97 Å². The van der Waals surface area contributed by atoms with Gasteiger partial charge in [-0.15, -0.1) is 0 Å². The molecule has 19 heavy (non-hydrogen) atoms. The third-order valence-electron chi connectivity index (χ3n) is 2.70. The number of nitrogens with one attached hydrogen (secondary N) is 1. The maximum absolute atomic E-state index is 11.6. The lowest BCUT2D eigenvalue weighted by Gasteiger charge is -2.10. The van der Waals surface area contributed by atoms with E-state index in [-0.39, 0.29) is 19.0 Å². The number of aliphatic hydroxyl groups excluding tert-OH is 1. The molecule has 0 saturated heterocycles. The third-order valence-corrected chi connectivity index (χ3v) is 2.70. The van der Waals surface area contributed by atoms with Gasteiger partial charge in [-0.2, -0.15) is 5.10 Å². The number of aliphatic hydroxyl groups is 1. The Morgan fingerprint density at radius 1 is 1.53 bits per heavy atom. The van der Waals surface area contributed by atoms with Gasteiger partial charge < -0.3 is 20.9 Å². The average molecular weight is 270 g/mol. The van der Waals surface area contributed by atoms with Crippen molar-refractivity contribution in [3.63, 3.8) is 0 Å². The molecule has 1 rings (SSSR count). The molecule has 1 atom stereocenters. The zero-order chi connectivity index (χ0) is 14.6. The van der Waals surface area contributed by atoms with Crippen LogP contribution >= 0.6 is 0 Å². The molecule has 1 aromatic rings. The van der Waals surface area contributed by atoms with Crippen molar-refractivity contribution in [2.75, 3.05) is 19.4 Å². The predicted molar refractivity (Wildman–Crippen MR) is 67.1 cm³/mol. The van der Waals surface area contributed by atoms with E-state index in [1.54, 1.807) is 13.8 Å². The smallest absolute Gasteiger partial charge is 0.336 e. The number of aryl methyl sites for hydroxylation is 1. The SMILES string of the molecule is COC(=O)C(O)CNC(=O)Cn1nc(C)c(N)c1C. The van der Waals surface area contributed by atoms with Crippen LogP contribution < -0.4 is 11.1 Å². The summed E-state index contributed by atoms with van der Waals surface area (Å²) in [5.41, 5.74) is 7.63. The summed E-state index contributed by atoms with van der Waals surface area (Å²) >= 11 is 0. The molecule has 1 amide bonds. The van der Waals surface area contributed by atoms with Crippen molar-refractivity contribution in [2.45, 2.75) is 26.5 Å². The predicted octanol–water partition coefficient (Wildman–Crippen LogP) is -1.27. The fourth-order valence-corrected chi connectivity index (χ4v) is 1.49. The van der Waals surface area contributed by atoms with Crippen molar-refractivity contribution in [3.8, 4) is 0 Å². The van der Waals surface area contributed by atoms with E-state index >= 15 is 0 Å². The molecular formula is C11H18N4O4. The zero-order valence-electron chi connectivity index (χ0n) is 11.1. The highest BCUT2D eigenvalue weighted by Gasteiger charge is 2.17. The number of amides is 1. The summed E-state index contributed by atoms with van der Waals surface area (Å²) in [6.45, 7) is 3.27. The number of anilines is 1. The van der Waals surface area contributed by atoms with Crippen LogP contribution in [0.5, 0.6) is 0 Å². The summed E-state index contributed by atoms with van der Waals surface area (Å²) in [5.74, 6) is -1.18. The van der Waals surface area contributed by atoms with Gasteiger partial charge in [0, 0.05) is 0 Å². The number of aromatic nitrogens is 2. The van der Waals surface area contributed by atoms with Crippen LogP contribution in [-0.2, 0) is 20.9 Å². The van der Waals surface area contributed by atoms with E-state index in [1.807, 2.05) is 0 Å². The van der Waals surface area contributed by atoms with E-state index in [9.17, 15) is 14.7 Å². The van der Waals surface area contributed by atoms with Gasteiger partial charge in [0.15, 0.2) is 6.10 Å². The minimum atomic E-state index is -1.38. The first kappa shape index (κ1) is 15.0. The standard InChI is InChI=1S/C11H18N4O4/c1-6-10(12)7(2)15(14-6)5-9(17)13-4-8(16)11(18)19-3/h8,16H,4-5,12H2,1-3H3,(H,13,17). The molecule has 1 unspecified atom stereocenters. The van der Waals surface area contributed by atoms with E-state index in [0.29, 0.717) is 17.1 Å². The normalized spacial score (nSPS) is 12.0. The summed E-state index contributed by atoms with van der Waals surface area (Å²) in [7, 11) is 1.16. The van der Waals surface area contributed by atoms with Crippen LogP contribution in [0.3, 0.4) is 0 Å². The maximum atomic E-state index is 11.6. The minimum Gasteiger partial charge on any atom is -0.467 e. The largest absolute Gasteiger partial charge is 0.467 e. The Morgan fingerprint density at radius 3 is 2.63 bits per heavy atom. The Morgan fingerprint density at radius 2 is 2.16 bits per heavy atom. The van der Waals surface area contributed by atoms with Crippen molar-refractivity contribution in [1.82, 2.24) is 15.1 Å². The van der Waals surface area contributed by atoms with Crippen LogP contribution in [0, 0.1) is 13.8 Å². The Kier molecular flexibility index (Phi) is 4.87. The number of nitrogen functional groups attached to an aromatic ring is 1. The first-order chi connectivity index (χ1) is 8.86. The van der Waals surface area contributed by atoms with E-state index in [0.717, 1.165) is 7.11 Å². The molecule has 0 aliphatic heterocycles. The van der Waals surface area contributed by atoms with Crippen LogP contribution in [0.15, 0.2) is 0 Å². The summed E-state index contributed by atoms with van der Waals surface area (Å²) in [4.78, 5) is 22.6. The molecule has 1 aromatic heterocycles. The molecule has 0 saturated carbocycles. The van der Waals surface area contributed by atoms with E-state index in [4.69, 9.17) is 5.73 Å². The molecule has 106 valence electrons. The van der Waals surface area contributed by atoms with Gasteiger partial charge in [-0.05, 0) is 13.8 Å². The second-order valence-electron chi connectivity index (χ2n) is 4.09. The van der Waals surface area contributed by atoms with E-state index in [1.165, 1.54) is 4.68 Å². The first-order valence-electron chi connectivity index (χ1n) is 5.68. The lowest BCUT2D eigenvalue weighted by Crippen LogP contribution is -2.38. The lowest BCUT2D eigenvalue weighted by atomic mass is 10.3. The minimum absolute atomic E-state index is 0.0300. The number of nitrogens with two attached hydrogens (primary N) is 1. The molecule has 0 aliphatic rings. The Hall–Kier alpha value is -2.09. The van der Waals surface area contributed by atoms with Crippen LogP contribution in [-0.4, -0.2) is 46.5 Å². The van der Waals surface area contributed by atoms with Gasteiger partial charge in [-0.3, -0.25) is 9.48 Å². The number of esters is 1. The summed E-state index contributed by atoms with van der Waals surface area (Å²) in [6, 6.07) is 0. The molecule has 0 bridgehead atoms. The Labute approximate surface area is 110 Å². The third kappa shape index (κ3) is 3.68. The van der Waals surface area contributed by atoms with Crippen molar-refractivity contribution in [3.05, 3.63) is 11.4 Å². The molecule has 8 heteroatoms. The van der Waals surface area contributed by atoms with E-state index < -0.39 is 12.1 Å². The highest BCUT2D eigenvalue weighted by atomic mass is 16.5. The number of nitrogens with zero attached hydrogens (tertiary/aromatic N) is 2. The van der Waals surface area contributed by atoms with Crippen LogP contribution in [0.2, 0.25) is 0 Å². The quantitative estimate of drug-likeness (QED) is 0.574. The number of carbonyl (C=O) groups excluding carboxylic acids is 2. The summed E-state index contributed by atoms with van der Waals surface area (Å²) in [6.07, 6.45) is -1.38. The maximum Gasteiger partial charge on any atom is 0.336 e. The molecular weight excluding hydrogens is 252 g/mol. The van der Waals surface area contributed by atoms with Crippen molar-refractivity contribution in [1.29, 1.82) is 0 Å². The fraction of sp³-hybridized carbons (Fsp3) is 0.545. The van der Waals surface area contributed by atoms with Crippen molar-refractivity contribution < 1.29 is 19.4 Å². The number of ether oxygens (including phenoxy) is 1. The molecule has 0 spiro atoms. The number of carbonyl (C=O) groups is 2. The molecule has 0 radical (unpaired) electrons. The fourth-order valence-electron chi connectivity index (χ4n) is 1.49. The van der Waals surface area contributed by atoms with Crippen LogP contribution in [0.25, 0.3) is 0 Å². The van der Waals surface area contributed by atoms with Gasteiger partial charge in [0.05, 0.1) is 30.7 Å². The second-order valence-corrected chi connectivity index (χ2v) is 4.09. The summed E-state index contributed by atoms with van der Waals surface area (Å²) < 4.78 is 5.79. The number of rotatable bonds is 5. The molecule has 1 heterocycles. The van der Waals surface area contributed by atoms with Gasteiger partial charge in [0.2, 0.25) is 5.91 Å². The lowest BCUT2D eigenvalue weighted by molar-refractivity contribution is -0.150. The molecule has 0 aromatic carbocycles. The van der Waals surface area contributed by atoms with Crippen LogP contribution in [0.1, 0.15) is 11.4 Å². The number of hydrogen-bond acceptors (Lipinski definition) is 6. The number of methoxy groups -OCH3 is 1. The summed E-state index contributed by atoms with van der Waals surface area (Å²) in [5, 5.41) is 15.8. The van der Waals surface area contributed by atoms with Gasteiger partial charge in [-0.1, -0.05) is 0 Å². The zero-order valence-corrected chi connectivity index (χ0v) is 11.1. The van der Waals surface area contributed by atoms with Gasteiger partial charge in [-0.25, -0.2) is 4.79 Å². The highest BCUT2D eigenvalue weighted by Crippen LogP contribution is 2.14. The Bertz CT molecular complexity index is 483. The van der Waals surface area contributed by atoms with Gasteiger partial charge in [0.1, 0.15) is 6.54 Å². The Balaban J connectivity index is 2.52. The second kappa shape index (κ2) is 6.19. The molecule has 0 fully saturated rings. The number of hydrogen-bond donors (Lipinski definition) is 3.